The predicted octanol–water partition coefficient (Wildman–Crippen LogP) is 2.04. The van der Waals surface area contributed by atoms with Crippen LogP contribution >= 0.6 is 0 Å². The fourth-order valence-corrected chi connectivity index (χ4v) is 1.27. The summed E-state index contributed by atoms with van der Waals surface area (Å²) < 4.78 is 0. The van der Waals surface area contributed by atoms with E-state index in [2.05, 4.69) is 0 Å². The minimum atomic E-state index is -1.19. The van der Waals surface area contributed by atoms with E-state index in [9.17, 15) is 4.79 Å². The molecular weight excluding hydrogens is 154 g/mol. The van der Waals surface area contributed by atoms with Crippen LogP contribution in [0.4, 0.5) is 0 Å². The number of aliphatic carboxylic acids is 1. The molecule has 12 heavy (non-hydrogen) atoms. The first-order chi connectivity index (χ1) is 5.51. The van der Waals surface area contributed by atoms with E-state index in [1.807, 2.05) is 13.0 Å². The monoisotopic (exact) mass is 169 g/mol. The molecule has 0 saturated heterocycles. The summed E-state index contributed by atoms with van der Waals surface area (Å²) in [6.07, 6.45) is 1.15. The van der Waals surface area contributed by atoms with Gasteiger partial charge in [0.25, 0.3) is 0 Å². The van der Waals surface area contributed by atoms with Crippen molar-refractivity contribution >= 4 is 5.97 Å². The predicted molar refractivity (Wildman–Crippen MR) is 45.4 cm³/mol. The van der Waals surface area contributed by atoms with Crippen molar-refractivity contribution in [1.82, 2.24) is 0 Å². The van der Waals surface area contributed by atoms with Gasteiger partial charge in [0, 0.05) is 0 Å². The van der Waals surface area contributed by atoms with Gasteiger partial charge < -0.3 is 5.11 Å². The minimum Gasteiger partial charge on any atom is -0.480 e. The van der Waals surface area contributed by atoms with Crippen LogP contribution in [0.1, 0.15) is 33.6 Å². The lowest BCUT2D eigenvalue weighted by atomic mass is 9.75. The second-order valence-corrected chi connectivity index (χ2v) is 3.29. The van der Waals surface area contributed by atoms with Crippen molar-refractivity contribution in [3.63, 3.8) is 0 Å². The van der Waals surface area contributed by atoms with Crippen molar-refractivity contribution in [1.29, 1.82) is 5.26 Å². The van der Waals surface area contributed by atoms with Crippen LogP contribution in [0.15, 0.2) is 0 Å². The number of hydrogen-bond acceptors (Lipinski definition) is 2. The number of nitrogens with zero attached hydrogens (tertiary/aromatic N) is 1. The maximum Gasteiger partial charge on any atom is 0.324 e. The van der Waals surface area contributed by atoms with E-state index in [1.165, 1.54) is 0 Å². The van der Waals surface area contributed by atoms with Gasteiger partial charge in [-0.1, -0.05) is 27.2 Å². The van der Waals surface area contributed by atoms with Gasteiger partial charge in [0.15, 0.2) is 5.41 Å². The standard InChI is InChI=1S/C9H15NO2/c1-4-5-9(6-10,7(2)3)8(11)12/h7H,4-5H2,1-3H3,(H,11,12). The van der Waals surface area contributed by atoms with E-state index < -0.39 is 11.4 Å². The lowest BCUT2D eigenvalue weighted by Gasteiger charge is -2.24. The van der Waals surface area contributed by atoms with Gasteiger partial charge in [-0.15, -0.1) is 0 Å². The topological polar surface area (TPSA) is 61.1 Å². The van der Waals surface area contributed by atoms with E-state index in [1.54, 1.807) is 13.8 Å². The summed E-state index contributed by atoms with van der Waals surface area (Å²) in [6.45, 7) is 5.43. The lowest BCUT2D eigenvalue weighted by Crippen LogP contribution is -2.34. The Balaban J connectivity index is 4.80. The molecule has 0 saturated carbocycles. The zero-order valence-electron chi connectivity index (χ0n) is 7.79. The third kappa shape index (κ3) is 1.76. The first kappa shape index (κ1) is 11.0. The molecule has 0 aliphatic rings. The summed E-state index contributed by atoms with van der Waals surface area (Å²) in [6, 6.07) is 1.92. The molecule has 1 atom stereocenters. The van der Waals surface area contributed by atoms with Crippen molar-refractivity contribution in [3.05, 3.63) is 0 Å². The maximum atomic E-state index is 10.9. The molecule has 3 nitrogen and oxygen atoms in total. The molecular formula is C9H15NO2. The Morgan fingerprint density at radius 2 is 2.17 bits per heavy atom. The molecule has 0 fully saturated rings. The van der Waals surface area contributed by atoms with Crippen molar-refractivity contribution in [2.75, 3.05) is 0 Å². The van der Waals surface area contributed by atoms with E-state index in [-0.39, 0.29) is 5.92 Å². The van der Waals surface area contributed by atoms with Gasteiger partial charge in [0.2, 0.25) is 0 Å². The normalized spacial score (nSPS) is 15.2. The van der Waals surface area contributed by atoms with Crippen LogP contribution in [0.5, 0.6) is 0 Å². The van der Waals surface area contributed by atoms with Crippen LogP contribution in [0, 0.1) is 22.7 Å². The smallest absolute Gasteiger partial charge is 0.324 e. The zero-order valence-corrected chi connectivity index (χ0v) is 7.79. The Kier molecular flexibility index (Phi) is 3.75. The number of hydrogen-bond donors (Lipinski definition) is 1. The molecule has 0 aromatic heterocycles. The van der Waals surface area contributed by atoms with Gasteiger partial charge in [-0.05, 0) is 12.3 Å². The minimum absolute atomic E-state index is 0.139. The molecule has 68 valence electrons. The average molecular weight is 169 g/mol. The van der Waals surface area contributed by atoms with Crippen LogP contribution < -0.4 is 0 Å². The van der Waals surface area contributed by atoms with Crippen molar-refractivity contribution in [2.45, 2.75) is 33.6 Å². The van der Waals surface area contributed by atoms with Gasteiger partial charge in [0.1, 0.15) is 0 Å². The van der Waals surface area contributed by atoms with E-state index in [0.717, 1.165) is 6.42 Å². The molecule has 0 aromatic carbocycles. The quantitative estimate of drug-likeness (QED) is 0.700. The highest BCUT2D eigenvalue weighted by Crippen LogP contribution is 2.32. The molecule has 0 heterocycles. The molecule has 0 amide bonds. The summed E-state index contributed by atoms with van der Waals surface area (Å²) in [5.41, 5.74) is -1.19. The largest absolute Gasteiger partial charge is 0.480 e. The van der Waals surface area contributed by atoms with E-state index in [4.69, 9.17) is 10.4 Å². The molecule has 0 spiro atoms. The summed E-state index contributed by atoms with van der Waals surface area (Å²) in [5.74, 6) is -1.14. The summed E-state index contributed by atoms with van der Waals surface area (Å²) >= 11 is 0. The van der Waals surface area contributed by atoms with Gasteiger partial charge in [0.05, 0.1) is 6.07 Å². The van der Waals surface area contributed by atoms with Crippen LogP contribution in [-0.4, -0.2) is 11.1 Å². The summed E-state index contributed by atoms with van der Waals surface area (Å²) in [5, 5.41) is 17.7. The molecule has 1 N–H and O–H groups in total. The molecule has 3 heteroatoms. The van der Waals surface area contributed by atoms with Crippen molar-refractivity contribution in [3.8, 4) is 6.07 Å². The molecule has 0 rings (SSSR count). The summed E-state index contributed by atoms with van der Waals surface area (Å²) in [7, 11) is 0. The summed E-state index contributed by atoms with van der Waals surface area (Å²) in [4.78, 5) is 10.9. The maximum absolute atomic E-state index is 10.9. The highest BCUT2D eigenvalue weighted by Gasteiger charge is 2.41. The van der Waals surface area contributed by atoms with Gasteiger partial charge in [-0.2, -0.15) is 5.26 Å². The Labute approximate surface area is 73.0 Å². The van der Waals surface area contributed by atoms with Crippen LogP contribution in [0.2, 0.25) is 0 Å². The Morgan fingerprint density at radius 1 is 1.67 bits per heavy atom. The molecule has 0 bridgehead atoms. The van der Waals surface area contributed by atoms with Crippen LogP contribution in [-0.2, 0) is 4.79 Å². The number of rotatable bonds is 4. The fraction of sp³-hybridized carbons (Fsp3) is 0.778. The number of nitriles is 1. The lowest BCUT2D eigenvalue weighted by molar-refractivity contribution is -0.148. The Morgan fingerprint density at radius 3 is 2.25 bits per heavy atom. The van der Waals surface area contributed by atoms with Gasteiger partial charge in [-0.3, -0.25) is 4.79 Å². The molecule has 0 aromatic rings. The third-order valence-corrected chi connectivity index (χ3v) is 2.21. The molecule has 1 unspecified atom stereocenters. The second-order valence-electron chi connectivity index (χ2n) is 3.29. The highest BCUT2D eigenvalue weighted by atomic mass is 16.4. The molecule has 0 aliphatic heterocycles. The first-order valence-electron chi connectivity index (χ1n) is 4.16. The Hall–Kier alpha value is -1.04. The average Bonchev–Trinajstić information content (AvgIpc) is 1.98. The number of carboxylic acids is 1. The Bertz CT molecular complexity index is 205. The first-order valence-corrected chi connectivity index (χ1v) is 4.16. The third-order valence-electron chi connectivity index (χ3n) is 2.21. The molecule has 0 radical (unpaired) electrons. The van der Waals surface area contributed by atoms with Gasteiger partial charge >= 0.3 is 5.97 Å². The number of carboxylic acid groups (broad SMARTS) is 1. The van der Waals surface area contributed by atoms with Crippen LogP contribution in [0.3, 0.4) is 0 Å². The van der Waals surface area contributed by atoms with Crippen molar-refractivity contribution in [2.24, 2.45) is 11.3 Å². The fourth-order valence-electron chi connectivity index (χ4n) is 1.27. The van der Waals surface area contributed by atoms with Crippen molar-refractivity contribution < 1.29 is 9.90 Å². The zero-order chi connectivity index (χ0) is 9.78. The number of carbonyl (C=O) groups is 1. The van der Waals surface area contributed by atoms with E-state index in [0.29, 0.717) is 6.42 Å². The highest BCUT2D eigenvalue weighted by molar-refractivity contribution is 5.78. The van der Waals surface area contributed by atoms with Crippen LogP contribution in [0.25, 0.3) is 0 Å². The van der Waals surface area contributed by atoms with E-state index >= 15 is 0 Å². The SMILES string of the molecule is CCCC(C#N)(C(=O)O)C(C)C. The van der Waals surface area contributed by atoms with Gasteiger partial charge in [-0.25, -0.2) is 0 Å². The second kappa shape index (κ2) is 4.10. The molecule has 0 aliphatic carbocycles.